The summed E-state index contributed by atoms with van der Waals surface area (Å²) in [5, 5.41) is 4.39. The van der Waals surface area contributed by atoms with Gasteiger partial charge in [-0.1, -0.05) is 42.5 Å². The minimum absolute atomic E-state index is 0.0864. The van der Waals surface area contributed by atoms with E-state index < -0.39 is 11.9 Å². The Morgan fingerprint density at radius 1 is 0.905 bits per heavy atom. The Labute approximate surface area is 121 Å². The molecule has 0 aliphatic rings. The van der Waals surface area contributed by atoms with E-state index in [2.05, 4.69) is 5.32 Å². The molecule has 0 radical (unpaired) electrons. The lowest BCUT2D eigenvalue weighted by molar-refractivity contribution is 0.215. The molecule has 0 unspecified atom stereocenters. The van der Waals surface area contributed by atoms with Crippen LogP contribution in [0.1, 0.15) is 0 Å². The van der Waals surface area contributed by atoms with Gasteiger partial charge in [0.25, 0.3) is 0 Å². The van der Waals surface area contributed by atoms with E-state index in [1.165, 1.54) is 12.1 Å². The molecule has 1 N–H and O–H groups in total. The number of nitrogens with one attached hydrogen (secondary N) is 1. The van der Waals surface area contributed by atoms with Crippen LogP contribution in [0.2, 0.25) is 0 Å². The predicted molar refractivity (Wildman–Crippen MR) is 80.0 cm³/mol. The van der Waals surface area contributed by atoms with E-state index in [4.69, 9.17) is 4.74 Å². The van der Waals surface area contributed by atoms with Crippen LogP contribution in [0.3, 0.4) is 0 Å². The lowest BCUT2D eigenvalue weighted by Gasteiger charge is -2.08. The highest BCUT2D eigenvalue weighted by Gasteiger charge is 2.08. The first-order chi connectivity index (χ1) is 10.2. The van der Waals surface area contributed by atoms with Gasteiger partial charge >= 0.3 is 6.09 Å². The average molecular weight is 281 g/mol. The van der Waals surface area contributed by atoms with E-state index in [0.29, 0.717) is 5.75 Å². The monoisotopic (exact) mass is 281 g/mol. The molecule has 0 aliphatic carbocycles. The van der Waals surface area contributed by atoms with Crippen molar-refractivity contribution in [2.45, 2.75) is 0 Å². The molecule has 4 heteroatoms. The summed E-state index contributed by atoms with van der Waals surface area (Å²) in [6, 6.07) is 19.0. The molecule has 3 aromatic carbocycles. The lowest BCUT2D eigenvalue weighted by Crippen LogP contribution is -2.17. The minimum atomic E-state index is -0.726. The Kier molecular flexibility index (Phi) is 3.51. The van der Waals surface area contributed by atoms with Crippen molar-refractivity contribution in [3.63, 3.8) is 0 Å². The summed E-state index contributed by atoms with van der Waals surface area (Å²) in [6.45, 7) is 0. The summed E-state index contributed by atoms with van der Waals surface area (Å²) in [6.07, 6.45) is -0.726. The van der Waals surface area contributed by atoms with Crippen molar-refractivity contribution in [2.24, 2.45) is 0 Å². The number of hydrogen-bond acceptors (Lipinski definition) is 2. The molecule has 104 valence electrons. The molecule has 0 spiro atoms. The van der Waals surface area contributed by atoms with Crippen molar-refractivity contribution >= 4 is 22.6 Å². The normalized spacial score (nSPS) is 10.3. The van der Waals surface area contributed by atoms with Crippen LogP contribution in [-0.4, -0.2) is 6.09 Å². The van der Waals surface area contributed by atoms with Gasteiger partial charge in [-0.25, -0.2) is 9.18 Å². The fraction of sp³-hybridized carbons (Fsp3) is 0. The number of rotatable bonds is 2. The SMILES string of the molecule is O=C(Nc1ccccc1F)Oc1ccc2ccccc2c1. The van der Waals surface area contributed by atoms with Crippen molar-refractivity contribution in [1.82, 2.24) is 0 Å². The van der Waals surface area contributed by atoms with Gasteiger partial charge in [-0.2, -0.15) is 0 Å². The topological polar surface area (TPSA) is 38.3 Å². The largest absolute Gasteiger partial charge is 0.417 e. The van der Waals surface area contributed by atoms with E-state index in [-0.39, 0.29) is 5.69 Å². The standard InChI is InChI=1S/C17H12FNO2/c18-15-7-3-4-8-16(15)19-17(20)21-14-10-9-12-5-1-2-6-13(12)11-14/h1-11H,(H,19,20). The van der Waals surface area contributed by atoms with Crippen molar-refractivity contribution in [1.29, 1.82) is 0 Å². The van der Waals surface area contributed by atoms with Crippen molar-refractivity contribution in [3.8, 4) is 5.75 Å². The maximum atomic E-state index is 13.4. The quantitative estimate of drug-likeness (QED) is 0.746. The Balaban J connectivity index is 1.75. The van der Waals surface area contributed by atoms with Gasteiger partial charge in [0, 0.05) is 0 Å². The third-order valence-electron chi connectivity index (χ3n) is 3.04. The molecule has 0 atom stereocenters. The van der Waals surface area contributed by atoms with Crippen LogP contribution < -0.4 is 10.1 Å². The smallest absolute Gasteiger partial charge is 0.410 e. The summed E-state index contributed by atoms with van der Waals surface area (Å²) in [7, 11) is 0. The number of amides is 1. The van der Waals surface area contributed by atoms with Gasteiger partial charge in [0.05, 0.1) is 5.69 Å². The number of halogens is 1. The van der Waals surface area contributed by atoms with Crippen molar-refractivity contribution in [2.75, 3.05) is 5.32 Å². The Bertz CT molecular complexity index is 801. The number of anilines is 1. The summed E-state index contributed by atoms with van der Waals surface area (Å²) in [5.41, 5.74) is 0.0864. The zero-order valence-corrected chi connectivity index (χ0v) is 11.0. The molecule has 3 nitrogen and oxygen atoms in total. The first-order valence-corrected chi connectivity index (χ1v) is 6.44. The third kappa shape index (κ3) is 3.00. The van der Waals surface area contributed by atoms with Crippen LogP contribution >= 0.6 is 0 Å². The molecular weight excluding hydrogens is 269 g/mol. The van der Waals surface area contributed by atoms with Gasteiger partial charge in [-0.05, 0) is 35.0 Å². The molecule has 1 amide bonds. The summed E-state index contributed by atoms with van der Waals surface area (Å²) in [4.78, 5) is 11.8. The molecule has 0 aliphatic heterocycles. The number of carbonyl (C=O) groups excluding carboxylic acids is 1. The number of fused-ring (bicyclic) bond motifs is 1. The summed E-state index contributed by atoms with van der Waals surface area (Å²) in [5.74, 6) is -0.101. The molecule has 0 heterocycles. The summed E-state index contributed by atoms with van der Waals surface area (Å²) < 4.78 is 18.6. The fourth-order valence-corrected chi connectivity index (χ4v) is 2.04. The Morgan fingerprint density at radius 2 is 1.62 bits per heavy atom. The highest BCUT2D eigenvalue weighted by atomic mass is 19.1. The molecule has 0 saturated carbocycles. The van der Waals surface area contributed by atoms with Crippen molar-refractivity contribution in [3.05, 3.63) is 72.5 Å². The van der Waals surface area contributed by atoms with E-state index in [0.717, 1.165) is 10.8 Å². The second kappa shape index (κ2) is 5.63. The van der Waals surface area contributed by atoms with E-state index in [1.54, 1.807) is 24.3 Å². The summed E-state index contributed by atoms with van der Waals surface area (Å²) >= 11 is 0. The van der Waals surface area contributed by atoms with Crippen LogP contribution in [-0.2, 0) is 0 Å². The van der Waals surface area contributed by atoms with Crippen LogP contribution in [0.5, 0.6) is 5.75 Å². The number of ether oxygens (including phenoxy) is 1. The maximum absolute atomic E-state index is 13.4. The lowest BCUT2D eigenvalue weighted by atomic mass is 10.1. The number of para-hydroxylation sites is 1. The second-order valence-corrected chi connectivity index (χ2v) is 4.50. The van der Waals surface area contributed by atoms with Crippen LogP contribution in [0.4, 0.5) is 14.9 Å². The van der Waals surface area contributed by atoms with E-state index in [1.807, 2.05) is 30.3 Å². The van der Waals surface area contributed by atoms with Gasteiger partial charge < -0.3 is 4.74 Å². The molecule has 0 fully saturated rings. The Morgan fingerprint density at radius 3 is 2.43 bits per heavy atom. The number of carbonyl (C=O) groups is 1. The number of benzene rings is 3. The van der Waals surface area contributed by atoms with Gasteiger partial charge in [-0.3, -0.25) is 5.32 Å². The highest BCUT2D eigenvalue weighted by molar-refractivity contribution is 5.88. The third-order valence-corrected chi connectivity index (χ3v) is 3.04. The Hall–Kier alpha value is -2.88. The minimum Gasteiger partial charge on any atom is -0.410 e. The maximum Gasteiger partial charge on any atom is 0.417 e. The van der Waals surface area contributed by atoms with Gasteiger partial charge in [0.15, 0.2) is 0 Å². The van der Waals surface area contributed by atoms with Gasteiger partial charge in [-0.15, -0.1) is 0 Å². The van der Waals surface area contributed by atoms with Gasteiger partial charge in [0.2, 0.25) is 0 Å². The van der Waals surface area contributed by atoms with E-state index >= 15 is 0 Å². The molecule has 0 bridgehead atoms. The zero-order chi connectivity index (χ0) is 14.7. The fourth-order valence-electron chi connectivity index (χ4n) is 2.04. The van der Waals surface area contributed by atoms with Crippen LogP contribution in [0.25, 0.3) is 10.8 Å². The molecule has 3 rings (SSSR count). The molecule has 21 heavy (non-hydrogen) atoms. The molecule has 0 saturated heterocycles. The molecular formula is C17H12FNO2. The first kappa shape index (κ1) is 13.1. The molecule has 0 aromatic heterocycles. The second-order valence-electron chi connectivity index (χ2n) is 4.50. The van der Waals surface area contributed by atoms with E-state index in [9.17, 15) is 9.18 Å². The van der Waals surface area contributed by atoms with Crippen molar-refractivity contribution < 1.29 is 13.9 Å². The molecule has 3 aromatic rings. The highest BCUT2D eigenvalue weighted by Crippen LogP contribution is 2.21. The number of hydrogen-bond donors (Lipinski definition) is 1. The predicted octanol–water partition coefficient (Wildman–Crippen LogP) is 4.59. The van der Waals surface area contributed by atoms with Crippen LogP contribution in [0.15, 0.2) is 66.7 Å². The zero-order valence-electron chi connectivity index (χ0n) is 11.0. The first-order valence-electron chi connectivity index (χ1n) is 6.44. The van der Waals surface area contributed by atoms with Crippen LogP contribution in [0, 0.1) is 5.82 Å². The van der Waals surface area contributed by atoms with Gasteiger partial charge in [0.1, 0.15) is 11.6 Å². The average Bonchev–Trinajstić information content (AvgIpc) is 2.49.